The topological polar surface area (TPSA) is 144 Å². The minimum Gasteiger partial charge on any atom is -0.394 e. The Bertz CT molecular complexity index is 576. The molecule has 9 heteroatoms. The largest absolute Gasteiger partial charge is 0.394 e. The molecule has 0 aliphatic carbocycles. The highest BCUT2D eigenvalue weighted by atomic mass is 16.6. The molecule has 1 aromatic rings. The number of aliphatic hydroxyl groups excluding tert-OH is 3. The molecule has 4 atom stereocenters. The number of rotatable bonds is 2. The molecule has 2 aliphatic heterocycles. The first-order valence-electron chi connectivity index (χ1n) is 6.18. The van der Waals surface area contributed by atoms with Crippen molar-refractivity contribution in [2.24, 2.45) is 0 Å². The highest BCUT2D eigenvalue weighted by Crippen LogP contribution is 2.34. The van der Waals surface area contributed by atoms with E-state index in [1.807, 2.05) is 0 Å². The second kappa shape index (κ2) is 4.63. The van der Waals surface area contributed by atoms with Crippen LogP contribution in [-0.2, 0) is 4.74 Å². The average Bonchev–Trinajstić information content (AvgIpc) is 2.93. The van der Waals surface area contributed by atoms with E-state index in [4.69, 9.17) is 15.6 Å². The van der Waals surface area contributed by atoms with Crippen molar-refractivity contribution in [3.63, 3.8) is 0 Å². The third-order valence-corrected chi connectivity index (χ3v) is 3.58. The van der Waals surface area contributed by atoms with Crippen molar-refractivity contribution < 1.29 is 20.1 Å². The van der Waals surface area contributed by atoms with Crippen LogP contribution in [-0.4, -0.2) is 58.1 Å². The van der Waals surface area contributed by atoms with Gasteiger partial charge in [-0.15, -0.1) is 0 Å². The number of hydrogen-bond donors (Lipinski definition) is 6. The SMILES string of the molecule is Nc1cc2c(c(=O)[nH]1)N([C@@H]1O[C@H](CO)[C@@H](O)[C@@H]1O)CN2. The van der Waals surface area contributed by atoms with Crippen LogP contribution in [0.3, 0.4) is 0 Å². The first-order chi connectivity index (χ1) is 9.52. The number of aromatic nitrogens is 1. The number of nitrogens with two attached hydrogens (primary N) is 1. The summed E-state index contributed by atoms with van der Waals surface area (Å²) in [6, 6.07) is 1.57. The Labute approximate surface area is 113 Å². The zero-order valence-corrected chi connectivity index (χ0v) is 10.5. The van der Waals surface area contributed by atoms with Gasteiger partial charge < -0.3 is 41.0 Å². The van der Waals surface area contributed by atoms with E-state index >= 15 is 0 Å². The molecule has 3 heterocycles. The van der Waals surface area contributed by atoms with E-state index in [2.05, 4.69) is 10.3 Å². The molecule has 2 aliphatic rings. The maximum absolute atomic E-state index is 12.0. The van der Waals surface area contributed by atoms with Gasteiger partial charge in [-0.3, -0.25) is 4.79 Å². The van der Waals surface area contributed by atoms with Gasteiger partial charge in [0, 0.05) is 6.07 Å². The van der Waals surface area contributed by atoms with E-state index < -0.39 is 36.7 Å². The molecule has 110 valence electrons. The zero-order chi connectivity index (χ0) is 14.4. The predicted octanol–water partition coefficient (Wildman–Crippen LogP) is -2.41. The number of hydrogen-bond acceptors (Lipinski definition) is 8. The fourth-order valence-electron chi connectivity index (χ4n) is 2.60. The van der Waals surface area contributed by atoms with Crippen LogP contribution >= 0.6 is 0 Å². The fraction of sp³-hybridized carbons (Fsp3) is 0.545. The Morgan fingerprint density at radius 3 is 2.85 bits per heavy atom. The summed E-state index contributed by atoms with van der Waals surface area (Å²) in [6.07, 6.45) is -4.23. The van der Waals surface area contributed by atoms with Gasteiger partial charge in [-0.1, -0.05) is 0 Å². The van der Waals surface area contributed by atoms with Crippen molar-refractivity contribution >= 4 is 17.2 Å². The molecule has 1 saturated heterocycles. The molecule has 0 radical (unpaired) electrons. The number of anilines is 3. The number of pyridine rings is 1. The van der Waals surface area contributed by atoms with Crippen molar-refractivity contribution in [3.05, 3.63) is 16.4 Å². The van der Waals surface area contributed by atoms with Gasteiger partial charge in [0.2, 0.25) is 0 Å². The first kappa shape index (κ1) is 13.2. The lowest BCUT2D eigenvalue weighted by molar-refractivity contribution is -0.0218. The first-order valence-corrected chi connectivity index (χ1v) is 6.18. The standard InChI is InChI=1S/C11H16N4O5/c12-6-1-4-7(10(19)14-6)15(3-13-4)11-9(18)8(17)5(2-16)20-11/h1,5,8-9,11,13,16-18H,2-3H2,(H3,12,14,19)/t5-,8-,9+,11-/m1/s1. The average molecular weight is 284 g/mol. The zero-order valence-electron chi connectivity index (χ0n) is 10.5. The lowest BCUT2D eigenvalue weighted by Crippen LogP contribution is -2.45. The van der Waals surface area contributed by atoms with E-state index in [0.29, 0.717) is 5.69 Å². The van der Waals surface area contributed by atoms with Gasteiger partial charge >= 0.3 is 0 Å². The normalized spacial score (nSPS) is 32.2. The lowest BCUT2D eigenvalue weighted by Gasteiger charge is -2.26. The Hall–Kier alpha value is -1.81. The molecular weight excluding hydrogens is 268 g/mol. The number of nitrogen functional groups attached to an aromatic ring is 1. The van der Waals surface area contributed by atoms with Gasteiger partial charge in [0.05, 0.1) is 19.0 Å². The summed E-state index contributed by atoms with van der Waals surface area (Å²) in [6.45, 7) is -0.185. The van der Waals surface area contributed by atoms with E-state index in [1.165, 1.54) is 4.90 Å². The smallest absolute Gasteiger partial charge is 0.275 e. The van der Waals surface area contributed by atoms with Crippen LogP contribution in [0.25, 0.3) is 0 Å². The molecule has 0 spiro atoms. The van der Waals surface area contributed by atoms with Crippen molar-refractivity contribution in [2.45, 2.75) is 24.5 Å². The van der Waals surface area contributed by atoms with E-state index in [1.54, 1.807) is 6.07 Å². The van der Waals surface area contributed by atoms with Gasteiger partial charge in [-0.2, -0.15) is 0 Å². The number of ether oxygens (including phenoxy) is 1. The highest BCUT2D eigenvalue weighted by Gasteiger charge is 2.47. The van der Waals surface area contributed by atoms with Crippen molar-refractivity contribution in [3.8, 4) is 0 Å². The molecule has 0 saturated carbocycles. The molecule has 20 heavy (non-hydrogen) atoms. The van der Waals surface area contributed by atoms with E-state index in [9.17, 15) is 15.0 Å². The summed E-state index contributed by atoms with van der Waals surface area (Å²) in [5.74, 6) is 0.226. The summed E-state index contributed by atoms with van der Waals surface area (Å²) < 4.78 is 5.41. The maximum atomic E-state index is 12.0. The molecule has 1 aromatic heterocycles. The second-order valence-corrected chi connectivity index (χ2v) is 4.85. The number of nitrogens with one attached hydrogen (secondary N) is 2. The molecular formula is C11H16N4O5. The van der Waals surface area contributed by atoms with Crippen LogP contribution in [0.5, 0.6) is 0 Å². The van der Waals surface area contributed by atoms with Crippen LogP contribution in [0.4, 0.5) is 17.2 Å². The molecule has 0 unspecified atom stereocenters. The Morgan fingerprint density at radius 2 is 2.20 bits per heavy atom. The minimum atomic E-state index is -1.23. The van der Waals surface area contributed by atoms with Gasteiger partial charge in [-0.25, -0.2) is 0 Å². The van der Waals surface area contributed by atoms with E-state index in [0.717, 1.165) is 0 Å². The van der Waals surface area contributed by atoms with Crippen molar-refractivity contribution in [1.82, 2.24) is 4.98 Å². The lowest BCUT2D eigenvalue weighted by atomic mass is 10.1. The fourth-order valence-corrected chi connectivity index (χ4v) is 2.60. The second-order valence-electron chi connectivity index (χ2n) is 4.85. The Morgan fingerprint density at radius 1 is 1.45 bits per heavy atom. The van der Waals surface area contributed by atoms with Gasteiger partial charge in [0.25, 0.3) is 5.56 Å². The van der Waals surface area contributed by atoms with Crippen molar-refractivity contribution in [1.29, 1.82) is 0 Å². The van der Waals surface area contributed by atoms with Crippen LogP contribution in [0, 0.1) is 0 Å². The molecule has 0 aromatic carbocycles. The summed E-state index contributed by atoms with van der Waals surface area (Å²) in [4.78, 5) is 15.9. The Kier molecular flexibility index (Phi) is 3.05. The number of fused-ring (bicyclic) bond motifs is 1. The van der Waals surface area contributed by atoms with Crippen LogP contribution in [0.1, 0.15) is 0 Å². The number of H-pyrrole nitrogens is 1. The summed E-state index contributed by atoms with van der Waals surface area (Å²) in [5, 5.41) is 31.8. The highest BCUT2D eigenvalue weighted by molar-refractivity contribution is 5.76. The summed E-state index contributed by atoms with van der Waals surface area (Å²) >= 11 is 0. The molecule has 3 rings (SSSR count). The monoisotopic (exact) mass is 284 g/mol. The van der Waals surface area contributed by atoms with Crippen LogP contribution in [0.2, 0.25) is 0 Å². The van der Waals surface area contributed by atoms with Gasteiger partial charge in [0.1, 0.15) is 29.8 Å². The number of nitrogens with zero attached hydrogens (tertiary/aromatic N) is 1. The molecule has 1 fully saturated rings. The predicted molar refractivity (Wildman–Crippen MR) is 70.2 cm³/mol. The van der Waals surface area contributed by atoms with Gasteiger partial charge in [-0.05, 0) is 0 Å². The van der Waals surface area contributed by atoms with Crippen LogP contribution < -0.4 is 21.5 Å². The van der Waals surface area contributed by atoms with Gasteiger partial charge in [0.15, 0.2) is 6.23 Å². The molecule has 0 amide bonds. The maximum Gasteiger partial charge on any atom is 0.275 e. The van der Waals surface area contributed by atoms with Crippen LogP contribution in [0.15, 0.2) is 10.9 Å². The third kappa shape index (κ3) is 1.83. The number of aliphatic hydroxyl groups is 3. The molecule has 7 N–H and O–H groups in total. The number of aromatic amines is 1. The van der Waals surface area contributed by atoms with Crippen molar-refractivity contribution in [2.75, 3.05) is 29.2 Å². The summed E-state index contributed by atoms with van der Waals surface area (Å²) in [5.41, 5.74) is 5.96. The quantitative estimate of drug-likeness (QED) is 0.352. The molecule has 0 bridgehead atoms. The summed E-state index contributed by atoms with van der Waals surface area (Å²) in [7, 11) is 0. The van der Waals surface area contributed by atoms with E-state index in [-0.39, 0.29) is 18.2 Å². The molecule has 9 nitrogen and oxygen atoms in total. The third-order valence-electron chi connectivity index (χ3n) is 3.58. The Balaban J connectivity index is 1.94. The minimum absolute atomic E-state index is 0.226.